The molecule has 0 aromatic carbocycles. The quantitative estimate of drug-likeness (QED) is 0.759. The van der Waals surface area contributed by atoms with Crippen LogP contribution < -0.4 is 11.5 Å². The third-order valence-corrected chi connectivity index (χ3v) is 2.92. The standard InChI is InChI=1S/C12H9F3N6O2/c1-20-11(22)23-10(19-20)7-4-8(12(13,14)15)21(18-7)6-2-3-9(16)17-5-6/h2-5H,1H3,(H2,16,17). The normalized spacial score (nSPS) is 11.8. The van der Waals surface area contributed by atoms with Gasteiger partial charge in [-0.2, -0.15) is 23.0 Å². The number of nitrogen functional groups attached to an aromatic ring is 1. The van der Waals surface area contributed by atoms with Crippen LogP contribution in [0.3, 0.4) is 0 Å². The number of nitrogens with two attached hydrogens (primary N) is 1. The molecule has 0 fully saturated rings. The monoisotopic (exact) mass is 326 g/mol. The molecule has 8 nitrogen and oxygen atoms in total. The summed E-state index contributed by atoms with van der Waals surface area (Å²) in [7, 11) is 1.31. The number of hydrogen-bond acceptors (Lipinski definition) is 6. The molecule has 0 unspecified atom stereocenters. The van der Waals surface area contributed by atoms with Gasteiger partial charge in [0, 0.05) is 13.1 Å². The summed E-state index contributed by atoms with van der Waals surface area (Å²) in [5, 5.41) is 7.49. The number of pyridine rings is 1. The smallest absolute Gasteiger partial charge is 0.386 e. The Balaban J connectivity index is 2.18. The zero-order valence-electron chi connectivity index (χ0n) is 11.6. The molecule has 0 spiro atoms. The van der Waals surface area contributed by atoms with E-state index in [-0.39, 0.29) is 23.1 Å². The van der Waals surface area contributed by atoms with Crippen LogP contribution in [0.25, 0.3) is 17.3 Å². The second kappa shape index (κ2) is 4.97. The second-order valence-corrected chi connectivity index (χ2v) is 4.56. The molecule has 3 aromatic heterocycles. The highest BCUT2D eigenvalue weighted by Crippen LogP contribution is 2.33. The topological polar surface area (TPSA) is 105 Å². The number of aryl methyl sites for hydroxylation is 1. The van der Waals surface area contributed by atoms with Gasteiger partial charge in [0.15, 0.2) is 5.69 Å². The molecule has 3 aromatic rings. The summed E-state index contributed by atoms with van der Waals surface area (Å²) in [5.74, 6) is -0.965. The molecule has 0 saturated carbocycles. The van der Waals surface area contributed by atoms with Crippen molar-refractivity contribution in [2.45, 2.75) is 6.18 Å². The van der Waals surface area contributed by atoms with Crippen molar-refractivity contribution in [3.8, 4) is 17.3 Å². The van der Waals surface area contributed by atoms with Crippen molar-refractivity contribution >= 4 is 5.82 Å². The first-order valence-corrected chi connectivity index (χ1v) is 6.19. The number of alkyl halides is 3. The minimum Gasteiger partial charge on any atom is -0.386 e. The Hall–Kier alpha value is -3.11. The third kappa shape index (κ3) is 2.67. The van der Waals surface area contributed by atoms with Gasteiger partial charge in [0.1, 0.15) is 11.5 Å². The fraction of sp³-hybridized carbons (Fsp3) is 0.167. The average Bonchev–Trinajstić information content (AvgIpc) is 3.04. The van der Waals surface area contributed by atoms with Crippen molar-refractivity contribution in [3.63, 3.8) is 0 Å². The van der Waals surface area contributed by atoms with Crippen LogP contribution in [0.4, 0.5) is 19.0 Å². The van der Waals surface area contributed by atoms with E-state index in [9.17, 15) is 18.0 Å². The Kier molecular flexibility index (Phi) is 3.20. The SMILES string of the molecule is Cn1nc(-c2cc(C(F)(F)F)n(-c3ccc(N)nc3)n2)oc1=O. The summed E-state index contributed by atoms with van der Waals surface area (Å²) in [6, 6.07) is 3.42. The first kappa shape index (κ1) is 14.8. The number of nitrogens with zero attached hydrogens (tertiary/aromatic N) is 5. The molecule has 0 bridgehead atoms. The van der Waals surface area contributed by atoms with Crippen LogP contribution in [0.2, 0.25) is 0 Å². The molecule has 23 heavy (non-hydrogen) atoms. The van der Waals surface area contributed by atoms with Gasteiger partial charge >= 0.3 is 11.9 Å². The van der Waals surface area contributed by atoms with Crippen molar-refractivity contribution in [1.82, 2.24) is 24.5 Å². The summed E-state index contributed by atoms with van der Waals surface area (Å²) in [6.45, 7) is 0. The van der Waals surface area contributed by atoms with E-state index in [1.165, 1.54) is 19.2 Å². The Morgan fingerprint density at radius 3 is 2.52 bits per heavy atom. The zero-order valence-corrected chi connectivity index (χ0v) is 11.6. The molecule has 0 aliphatic carbocycles. The number of halogens is 3. The molecule has 0 aliphatic heterocycles. The number of hydrogen-bond donors (Lipinski definition) is 1. The van der Waals surface area contributed by atoms with E-state index < -0.39 is 17.6 Å². The fourth-order valence-corrected chi connectivity index (χ4v) is 1.86. The van der Waals surface area contributed by atoms with Crippen molar-refractivity contribution in [3.05, 3.63) is 40.6 Å². The summed E-state index contributed by atoms with van der Waals surface area (Å²) < 4.78 is 45.9. The maximum atomic E-state index is 13.2. The maximum absolute atomic E-state index is 13.2. The van der Waals surface area contributed by atoms with Crippen LogP contribution in [0, 0.1) is 0 Å². The lowest BCUT2D eigenvalue weighted by Gasteiger charge is -2.09. The van der Waals surface area contributed by atoms with E-state index in [4.69, 9.17) is 10.2 Å². The van der Waals surface area contributed by atoms with Crippen molar-refractivity contribution in [1.29, 1.82) is 0 Å². The molecule has 120 valence electrons. The van der Waals surface area contributed by atoms with Gasteiger partial charge in [0.2, 0.25) is 0 Å². The minimum absolute atomic E-state index is 0.0519. The van der Waals surface area contributed by atoms with Gasteiger partial charge in [-0.15, -0.1) is 5.10 Å². The van der Waals surface area contributed by atoms with Gasteiger partial charge in [0.25, 0.3) is 5.89 Å². The van der Waals surface area contributed by atoms with E-state index in [0.717, 1.165) is 16.9 Å². The summed E-state index contributed by atoms with van der Waals surface area (Å²) in [6.07, 6.45) is -3.53. The Morgan fingerprint density at radius 1 is 1.26 bits per heavy atom. The second-order valence-electron chi connectivity index (χ2n) is 4.56. The Morgan fingerprint density at radius 2 is 2.00 bits per heavy atom. The molecule has 0 radical (unpaired) electrons. The first-order chi connectivity index (χ1) is 10.8. The Labute approximate surface area is 126 Å². The highest BCUT2D eigenvalue weighted by atomic mass is 19.4. The molecular weight excluding hydrogens is 317 g/mol. The lowest BCUT2D eigenvalue weighted by Crippen LogP contribution is -2.13. The van der Waals surface area contributed by atoms with Gasteiger partial charge in [-0.25, -0.2) is 14.5 Å². The molecular formula is C12H9F3N6O2. The summed E-state index contributed by atoms with van der Waals surface area (Å²) >= 11 is 0. The van der Waals surface area contributed by atoms with Crippen molar-refractivity contribution in [2.75, 3.05) is 5.73 Å². The van der Waals surface area contributed by atoms with Gasteiger partial charge < -0.3 is 10.2 Å². The minimum atomic E-state index is -4.68. The first-order valence-electron chi connectivity index (χ1n) is 6.19. The number of aromatic nitrogens is 5. The van der Waals surface area contributed by atoms with E-state index in [2.05, 4.69) is 15.2 Å². The van der Waals surface area contributed by atoms with Crippen molar-refractivity contribution < 1.29 is 17.6 Å². The van der Waals surface area contributed by atoms with Gasteiger partial charge in [0.05, 0.1) is 11.9 Å². The molecule has 2 N–H and O–H groups in total. The predicted molar refractivity (Wildman–Crippen MR) is 71.5 cm³/mol. The van der Waals surface area contributed by atoms with Gasteiger partial charge in [-0.05, 0) is 12.1 Å². The maximum Gasteiger partial charge on any atom is 0.437 e. The fourth-order valence-electron chi connectivity index (χ4n) is 1.86. The summed E-state index contributed by atoms with van der Waals surface area (Å²) in [4.78, 5) is 15.0. The molecule has 11 heteroatoms. The molecule has 0 amide bonds. The molecule has 0 aliphatic rings. The van der Waals surface area contributed by atoms with Crippen molar-refractivity contribution in [2.24, 2.45) is 7.05 Å². The lowest BCUT2D eigenvalue weighted by atomic mass is 10.3. The molecule has 0 atom stereocenters. The highest BCUT2D eigenvalue weighted by molar-refractivity contribution is 5.49. The van der Waals surface area contributed by atoms with Crippen LogP contribution in [-0.4, -0.2) is 24.5 Å². The van der Waals surface area contributed by atoms with Gasteiger partial charge in [-0.3, -0.25) is 0 Å². The number of rotatable bonds is 2. The average molecular weight is 326 g/mol. The molecule has 3 rings (SSSR count). The van der Waals surface area contributed by atoms with E-state index in [1.54, 1.807) is 0 Å². The summed E-state index contributed by atoms with van der Waals surface area (Å²) in [5.41, 5.74) is 4.18. The van der Waals surface area contributed by atoms with E-state index in [0.29, 0.717) is 4.68 Å². The van der Waals surface area contributed by atoms with E-state index in [1.807, 2.05) is 0 Å². The van der Waals surface area contributed by atoms with Crippen LogP contribution in [0.5, 0.6) is 0 Å². The van der Waals surface area contributed by atoms with Crippen LogP contribution in [-0.2, 0) is 13.2 Å². The largest absolute Gasteiger partial charge is 0.437 e. The number of anilines is 1. The zero-order chi connectivity index (χ0) is 16.8. The van der Waals surface area contributed by atoms with E-state index >= 15 is 0 Å². The van der Waals surface area contributed by atoms with Gasteiger partial charge in [-0.1, -0.05) is 0 Å². The van der Waals surface area contributed by atoms with Crippen LogP contribution in [0.1, 0.15) is 5.69 Å². The lowest BCUT2D eigenvalue weighted by molar-refractivity contribution is -0.142. The highest BCUT2D eigenvalue weighted by Gasteiger charge is 2.37. The van der Waals surface area contributed by atoms with Crippen LogP contribution in [0.15, 0.2) is 33.6 Å². The third-order valence-electron chi connectivity index (χ3n) is 2.92. The molecule has 3 heterocycles. The molecule has 0 saturated heterocycles. The van der Waals surface area contributed by atoms with Crippen LogP contribution >= 0.6 is 0 Å². The Bertz CT molecular complexity index is 906. The predicted octanol–water partition coefficient (Wildman–Crippen LogP) is 1.22.